The van der Waals surface area contributed by atoms with Gasteiger partial charge in [-0.2, -0.15) is 13.2 Å². The normalized spacial score (nSPS) is 11.3. The Morgan fingerprint density at radius 1 is 1.11 bits per heavy atom. The highest BCUT2D eigenvalue weighted by Gasteiger charge is 2.35. The van der Waals surface area contributed by atoms with Crippen LogP contribution in [0.5, 0.6) is 0 Å². The molecule has 0 amide bonds. The summed E-state index contributed by atoms with van der Waals surface area (Å²) in [5, 5.41) is 2.55. The third-order valence-electron chi connectivity index (χ3n) is 2.06. The molecule has 8 heteroatoms. The van der Waals surface area contributed by atoms with E-state index >= 15 is 0 Å². The zero-order chi connectivity index (χ0) is 13.2. The maximum absolute atomic E-state index is 12.6. The number of halogens is 3. The Hall–Kier alpha value is -2.25. The Labute approximate surface area is 100 Å². The summed E-state index contributed by atoms with van der Waals surface area (Å²) in [7, 11) is 1.48. The van der Waals surface area contributed by atoms with Crippen molar-refractivity contribution in [3.63, 3.8) is 0 Å². The molecule has 2 heterocycles. The summed E-state index contributed by atoms with van der Waals surface area (Å²) in [5.41, 5.74) is 0.316. The smallest absolute Gasteiger partial charge is 0.373 e. The average molecular weight is 255 g/mol. The lowest BCUT2D eigenvalue weighted by atomic mass is 10.3. The molecule has 0 saturated heterocycles. The number of nitrogens with zero attached hydrogens (tertiary/aromatic N) is 4. The fourth-order valence-electron chi connectivity index (χ4n) is 1.26. The topological polar surface area (TPSA) is 63.6 Å². The summed E-state index contributed by atoms with van der Waals surface area (Å²) in [6.45, 7) is 0. The molecule has 0 aliphatic heterocycles. The molecule has 0 bridgehead atoms. The predicted molar refractivity (Wildman–Crippen MR) is 57.6 cm³/mol. The van der Waals surface area contributed by atoms with E-state index < -0.39 is 12.0 Å². The lowest BCUT2D eigenvalue weighted by Gasteiger charge is -2.09. The second-order valence-corrected chi connectivity index (χ2v) is 3.30. The van der Waals surface area contributed by atoms with E-state index in [1.54, 1.807) is 0 Å². The van der Waals surface area contributed by atoms with Gasteiger partial charge in [-0.25, -0.2) is 9.97 Å². The van der Waals surface area contributed by atoms with Gasteiger partial charge >= 0.3 is 6.18 Å². The lowest BCUT2D eigenvalue weighted by Crippen LogP contribution is -2.13. The number of nitrogens with one attached hydrogen (secondary N) is 1. The number of rotatable bonds is 2. The molecule has 94 valence electrons. The van der Waals surface area contributed by atoms with Gasteiger partial charge in [-0.3, -0.25) is 9.97 Å². The first-order valence-corrected chi connectivity index (χ1v) is 4.91. The first kappa shape index (κ1) is 12.2. The maximum atomic E-state index is 12.6. The van der Waals surface area contributed by atoms with E-state index in [2.05, 4.69) is 25.3 Å². The molecule has 1 N–H and O–H groups in total. The quantitative estimate of drug-likeness (QED) is 0.889. The van der Waals surface area contributed by atoms with Crippen molar-refractivity contribution in [2.45, 2.75) is 6.18 Å². The molecule has 0 aromatic carbocycles. The summed E-state index contributed by atoms with van der Waals surface area (Å²) in [6, 6.07) is 1.37. The van der Waals surface area contributed by atoms with Gasteiger partial charge in [-0.1, -0.05) is 0 Å². The van der Waals surface area contributed by atoms with Crippen molar-refractivity contribution in [3.05, 3.63) is 30.5 Å². The number of hydrogen-bond donors (Lipinski definition) is 1. The van der Waals surface area contributed by atoms with E-state index in [-0.39, 0.29) is 17.2 Å². The van der Waals surface area contributed by atoms with E-state index in [4.69, 9.17) is 0 Å². The van der Waals surface area contributed by atoms with Crippen LogP contribution in [0.2, 0.25) is 0 Å². The van der Waals surface area contributed by atoms with Crippen molar-refractivity contribution in [2.75, 3.05) is 12.4 Å². The summed E-state index contributed by atoms with van der Waals surface area (Å²) < 4.78 is 37.8. The van der Waals surface area contributed by atoms with E-state index in [0.717, 1.165) is 0 Å². The third kappa shape index (κ3) is 2.53. The molecule has 5 nitrogen and oxygen atoms in total. The van der Waals surface area contributed by atoms with Gasteiger partial charge in [0.2, 0.25) is 5.82 Å². The van der Waals surface area contributed by atoms with Crippen LogP contribution in [-0.4, -0.2) is 27.0 Å². The van der Waals surface area contributed by atoms with Crippen molar-refractivity contribution in [2.24, 2.45) is 0 Å². The van der Waals surface area contributed by atoms with Crippen molar-refractivity contribution in [1.82, 2.24) is 19.9 Å². The molecule has 0 atom stereocenters. The highest BCUT2D eigenvalue weighted by molar-refractivity contribution is 5.57. The van der Waals surface area contributed by atoms with Crippen molar-refractivity contribution < 1.29 is 13.2 Å². The summed E-state index contributed by atoms with van der Waals surface area (Å²) in [6.07, 6.45) is -0.468. The van der Waals surface area contributed by atoms with E-state index in [0.29, 0.717) is 0 Å². The van der Waals surface area contributed by atoms with Crippen LogP contribution in [0.4, 0.5) is 19.0 Å². The Kier molecular flexibility index (Phi) is 3.09. The molecular formula is C10H8F3N5. The molecule has 0 aliphatic rings. The second-order valence-electron chi connectivity index (χ2n) is 3.30. The number of alkyl halides is 3. The number of hydrogen-bond acceptors (Lipinski definition) is 5. The summed E-state index contributed by atoms with van der Waals surface area (Å²) >= 11 is 0. The minimum Gasteiger partial charge on any atom is -0.373 e. The zero-order valence-electron chi connectivity index (χ0n) is 9.23. The highest BCUT2D eigenvalue weighted by Crippen LogP contribution is 2.29. The lowest BCUT2D eigenvalue weighted by molar-refractivity contribution is -0.144. The van der Waals surface area contributed by atoms with Gasteiger partial charge in [0.1, 0.15) is 11.5 Å². The van der Waals surface area contributed by atoms with E-state index in [9.17, 15) is 13.2 Å². The molecule has 0 radical (unpaired) electrons. The van der Waals surface area contributed by atoms with Gasteiger partial charge in [-0.15, -0.1) is 0 Å². The molecule has 0 fully saturated rings. The van der Waals surface area contributed by atoms with Crippen LogP contribution in [0.15, 0.2) is 24.7 Å². The molecule has 0 saturated carbocycles. The third-order valence-corrected chi connectivity index (χ3v) is 2.06. The van der Waals surface area contributed by atoms with Crippen LogP contribution < -0.4 is 5.32 Å². The molecule has 2 rings (SSSR count). The average Bonchev–Trinajstić information content (AvgIpc) is 2.38. The van der Waals surface area contributed by atoms with Crippen molar-refractivity contribution in [1.29, 1.82) is 0 Å². The van der Waals surface area contributed by atoms with Crippen LogP contribution in [0.25, 0.3) is 11.4 Å². The molecule has 2 aromatic heterocycles. The van der Waals surface area contributed by atoms with Crippen LogP contribution in [0, 0.1) is 0 Å². The Morgan fingerprint density at radius 2 is 1.89 bits per heavy atom. The van der Waals surface area contributed by atoms with Gasteiger partial charge < -0.3 is 5.32 Å². The minimum atomic E-state index is -4.61. The van der Waals surface area contributed by atoms with Crippen molar-refractivity contribution >= 4 is 5.82 Å². The molecule has 0 unspecified atom stereocenters. The van der Waals surface area contributed by atoms with Gasteiger partial charge in [-0.05, 0) is 0 Å². The van der Waals surface area contributed by atoms with E-state index in [1.165, 1.54) is 31.7 Å². The van der Waals surface area contributed by atoms with Crippen LogP contribution in [0.3, 0.4) is 0 Å². The number of anilines is 1. The Morgan fingerprint density at radius 3 is 2.44 bits per heavy atom. The fraction of sp³-hybridized carbons (Fsp3) is 0.200. The van der Waals surface area contributed by atoms with Gasteiger partial charge in [0, 0.05) is 25.5 Å². The summed E-state index contributed by atoms with van der Waals surface area (Å²) in [4.78, 5) is 14.5. The Balaban J connectivity index is 2.55. The van der Waals surface area contributed by atoms with Gasteiger partial charge in [0.05, 0.1) is 11.9 Å². The standard InChI is InChI=1S/C10H8F3N5/c1-14-8-4-6(7-5-15-2-3-16-7)17-9(18-8)10(11,12)13/h2-5H,1H3,(H,14,17,18). The predicted octanol–water partition coefficient (Wildman–Crippen LogP) is 1.99. The second kappa shape index (κ2) is 4.55. The van der Waals surface area contributed by atoms with E-state index in [1.807, 2.05) is 0 Å². The number of aromatic nitrogens is 4. The van der Waals surface area contributed by atoms with Crippen molar-refractivity contribution in [3.8, 4) is 11.4 Å². The first-order valence-electron chi connectivity index (χ1n) is 4.91. The van der Waals surface area contributed by atoms with Crippen LogP contribution >= 0.6 is 0 Å². The molecule has 0 aliphatic carbocycles. The minimum absolute atomic E-state index is 0.0646. The van der Waals surface area contributed by atoms with Crippen LogP contribution in [-0.2, 0) is 6.18 Å². The fourth-order valence-corrected chi connectivity index (χ4v) is 1.26. The molecule has 2 aromatic rings. The highest BCUT2D eigenvalue weighted by atomic mass is 19.4. The SMILES string of the molecule is CNc1cc(-c2cnccn2)nc(C(F)(F)F)n1. The van der Waals surface area contributed by atoms with Gasteiger partial charge in [0.25, 0.3) is 0 Å². The zero-order valence-corrected chi connectivity index (χ0v) is 9.23. The molecule has 0 spiro atoms. The monoisotopic (exact) mass is 255 g/mol. The first-order chi connectivity index (χ1) is 8.50. The molecular weight excluding hydrogens is 247 g/mol. The Bertz CT molecular complexity index is 541. The summed E-state index contributed by atoms with van der Waals surface area (Å²) in [5.74, 6) is -1.15. The van der Waals surface area contributed by atoms with Gasteiger partial charge in [0.15, 0.2) is 0 Å². The molecule has 18 heavy (non-hydrogen) atoms. The largest absolute Gasteiger partial charge is 0.451 e. The van der Waals surface area contributed by atoms with Crippen LogP contribution in [0.1, 0.15) is 5.82 Å². The maximum Gasteiger partial charge on any atom is 0.451 e.